The molecule has 0 aliphatic carbocycles. The number of rotatable bonds is 7. The zero-order chi connectivity index (χ0) is 22.5. The third kappa shape index (κ3) is 4.86. The normalized spacial score (nSPS) is 11.7. The van der Waals surface area contributed by atoms with E-state index in [-0.39, 0.29) is 6.54 Å². The van der Waals surface area contributed by atoms with Gasteiger partial charge in [0.1, 0.15) is 18.0 Å². The fraction of sp³-hybridized carbons (Fsp3) is 0.125. The van der Waals surface area contributed by atoms with Crippen molar-refractivity contribution in [3.05, 3.63) is 89.4 Å². The summed E-state index contributed by atoms with van der Waals surface area (Å²) in [4.78, 5) is 36.6. The molecule has 1 heterocycles. The molecule has 8 heteroatoms. The minimum absolute atomic E-state index is 0.362. The summed E-state index contributed by atoms with van der Waals surface area (Å²) in [5, 5.41) is 2.68. The van der Waals surface area contributed by atoms with Crippen LogP contribution in [-0.2, 0) is 20.9 Å². The standard InChI is InChI=1S/C24H20N2O6/c1-16(30-22(27)15-26-20-9-5-6-10-21(20)32-24(26)29)23(28)25-17-11-13-19(14-12-17)31-18-7-3-2-4-8-18/h2-14,16H,15H2,1H3,(H,25,28). The number of nitrogens with one attached hydrogen (secondary N) is 1. The average Bonchev–Trinajstić information content (AvgIpc) is 3.10. The van der Waals surface area contributed by atoms with E-state index in [1.165, 1.54) is 6.92 Å². The van der Waals surface area contributed by atoms with Gasteiger partial charge in [-0.05, 0) is 55.5 Å². The summed E-state index contributed by atoms with van der Waals surface area (Å²) < 4.78 is 17.1. The van der Waals surface area contributed by atoms with Gasteiger partial charge in [0.25, 0.3) is 5.91 Å². The lowest BCUT2D eigenvalue weighted by Gasteiger charge is -2.14. The Morgan fingerprint density at radius 3 is 2.34 bits per heavy atom. The smallest absolute Gasteiger partial charge is 0.420 e. The molecule has 0 radical (unpaired) electrons. The quantitative estimate of drug-likeness (QED) is 0.444. The van der Waals surface area contributed by atoms with Crippen molar-refractivity contribution in [3.63, 3.8) is 0 Å². The van der Waals surface area contributed by atoms with Crippen LogP contribution in [0.25, 0.3) is 11.1 Å². The summed E-state index contributed by atoms with van der Waals surface area (Å²) in [7, 11) is 0. The molecule has 0 saturated heterocycles. The Morgan fingerprint density at radius 2 is 1.59 bits per heavy atom. The number of carbonyl (C=O) groups is 2. The molecule has 4 rings (SSSR count). The van der Waals surface area contributed by atoms with Crippen LogP contribution in [0, 0.1) is 0 Å². The van der Waals surface area contributed by atoms with E-state index >= 15 is 0 Å². The molecule has 0 fully saturated rings. The molecule has 32 heavy (non-hydrogen) atoms. The second-order valence-electron chi connectivity index (χ2n) is 6.98. The Morgan fingerprint density at radius 1 is 0.938 bits per heavy atom. The molecule has 1 N–H and O–H groups in total. The molecule has 0 aliphatic heterocycles. The van der Waals surface area contributed by atoms with Crippen LogP contribution < -0.4 is 15.8 Å². The van der Waals surface area contributed by atoms with Gasteiger partial charge in [0.05, 0.1) is 5.52 Å². The lowest BCUT2D eigenvalue weighted by molar-refractivity contribution is -0.153. The number of amides is 1. The first-order chi connectivity index (χ1) is 15.5. The van der Waals surface area contributed by atoms with E-state index in [9.17, 15) is 14.4 Å². The Kier molecular flexibility index (Phi) is 6.03. The van der Waals surface area contributed by atoms with Crippen molar-refractivity contribution >= 4 is 28.7 Å². The van der Waals surface area contributed by atoms with Crippen molar-refractivity contribution in [3.8, 4) is 11.5 Å². The molecule has 3 aromatic carbocycles. The molecule has 1 aromatic heterocycles. The van der Waals surface area contributed by atoms with Crippen LogP contribution in [0.3, 0.4) is 0 Å². The number of nitrogens with zero attached hydrogens (tertiary/aromatic N) is 1. The Bertz CT molecular complexity index is 1290. The first kappa shape index (κ1) is 20.9. The first-order valence-corrected chi connectivity index (χ1v) is 9.91. The average molecular weight is 432 g/mol. The number of hydrogen-bond acceptors (Lipinski definition) is 6. The summed E-state index contributed by atoms with van der Waals surface area (Å²) >= 11 is 0. The molecule has 0 spiro atoms. The first-order valence-electron chi connectivity index (χ1n) is 9.91. The van der Waals surface area contributed by atoms with Gasteiger partial charge < -0.3 is 19.2 Å². The number of esters is 1. The van der Waals surface area contributed by atoms with Crippen LogP contribution >= 0.6 is 0 Å². The lowest BCUT2D eigenvalue weighted by atomic mass is 10.2. The van der Waals surface area contributed by atoms with Crippen LogP contribution in [0.5, 0.6) is 11.5 Å². The molecule has 1 unspecified atom stereocenters. The highest BCUT2D eigenvalue weighted by Crippen LogP contribution is 2.22. The topological polar surface area (TPSA) is 99.8 Å². The predicted molar refractivity (Wildman–Crippen MR) is 118 cm³/mol. The van der Waals surface area contributed by atoms with E-state index < -0.39 is 23.7 Å². The maximum absolute atomic E-state index is 12.4. The van der Waals surface area contributed by atoms with Crippen molar-refractivity contribution in [2.75, 3.05) is 5.32 Å². The third-order valence-electron chi connectivity index (χ3n) is 4.64. The second-order valence-corrected chi connectivity index (χ2v) is 6.98. The third-order valence-corrected chi connectivity index (χ3v) is 4.64. The summed E-state index contributed by atoms with van der Waals surface area (Å²) in [6, 6.07) is 22.9. The van der Waals surface area contributed by atoms with Crippen molar-refractivity contribution in [2.45, 2.75) is 19.6 Å². The molecule has 0 bridgehead atoms. The minimum atomic E-state index is -1.06. The second kappa shape index (κ2) is 9.22. The number of fused-ring (bicyclic) bond motifs is 1. The van der Waals surface area contributed by atoms with Crippen molar-refractivity contribution in [2.24, 2.45) is 0 Å². The monoisotopic (exact) mass is 432 g/mol. The lowest BCUT2D eigenvalue weighted by Crippen LogP contribution is -2.32. The molecule has 162 valence electrons. The summed E-state index contributed by atoms with van der Waals surface area (Å²) in [6.07, 6.45) is -1.06. The van der Waals surface area contributed by atoms with E-state index in [1.807, 2.05) is 30.3 Å². The van der Waals surface area contributed by atoms with Gasteiger partial charge in [-0.15, -0.1) is 0 Å². The van der Waals surface area contributed by atoms with Gasteiger partial charge in [-0.3, -0.25) is 14.2 Å². The molecular formula is C24H20N2O6. The van der Waals surface area contributed by atoms with Gasteiger partial charge in [-0.25, -0.2) is 4.79 Å². The Labute approximate surface area is 183 Å². The maximum atomic E-state index is 12.4. The largest absolute Gasteiger partial charge is 0.457 e. The number of aromatic nitrogens is 1. The van der Waals surface area contributed by atoms with Crippen molar-refractivity contribution in [1.82, 2.24) is 4.57 Å². The number of carbonyl (C=O) groups excluding carboxylic acids is 2. The molecule has 0 saturated carbocycles. The highest BCUT2D eigenvalue weighted by atomic mass is 16.5. The van der Waals surface area contributed by atoms with Crippen LogP contribution in [0.2, 0.25) is 0 Å². The van der Waals surface area contributed by atoms with Gasteiger partial charge in [-0.1, -0.05) is 30.3 Å². The zero-order valence-electron chi connectivity index (χ0n) is 17.2. The molecule has 8 nitrogen and oxygen atoms in total. The summed E-state index contributed by atoms with van der Waals surface area (Å²) in [6.45, 7) is 1.09. The van der Waals surface area contributed by atoms with Gasteiger partial charge in [0.2, 0.25) is 0 Å². The number of hydrogen-bond donors (Lipinski definition) is 1. The van der Waals surface area contributed by atoms with Crippen molar-refractivity contribution in [1.29, 1.82) is 0 Å². The molecule has 4 aromatic rings. The molecule has 1 amide bonds. The van der Waals surface area contributed by atoms with E-state index in [2.05, 4.69) is 5.32 Å². The molecule has 1 atom stereocenters. The fourth-order valence-electron chi connectivity index (χ4n) is 3.06. The van der Waals surface area contributed by atoms with Gasteiger partial charge >= 0.3 is 11.7 Å². The van der Waals surface area contributed by atoms with Gasteiger partial charge in [0, 0.05) is 5.69 Å². The van der Waals surface area contributed by atoms with E-state index in [1.54, 1.807) is 48.5 Å². The number of anilines is 1. The maximum Gasteiger partial charge on any atom is 0.420 e. The molecular weight excluding hydrogens is 412 g/mol. The highest BCUT2D eigenvalue weighted by Gasteiger charge is 2.20. The number of benzene rings is 3. The van der Waals surface area contributed by atoms with Crippen LogP contribution in [0.1, 0.15) is 6.92 Å². The van der Waals surface area contributed by atoms with E-state index in [0.717, 1.165) is 4.57 Å². The minimum Gasteiger partial charge on any atom is -0.457 e. The van der Waals surface area contributed by atoms with Crippen molar-refractivity contribution < 1.29 is 23.5 Å². The molecule has 0 aliphatic rings. The Balaban J connectivity index is 1.33. The van der Waals surface area contributed by atoms with Gasteiger partial charge in [0.15, 0.2) is 11.7 Å². The summed E-state index contributed by atoms with van der Waals surface area (Å²) in [5.41, 5.74) is 1.37. The number of oxazole rings is 1. The van der Waals surface area contributed by atoms with Crippen LogP contribution in [-0.4, -0.2) is 22.5 Å². The highest BCUT2D eigenvalue weighted by molar-refractivity contribution is 5.95. The SMILES string of the molecule is CC(OC(=O)Cn1c(=O)oc2ccccc21)C(=O)Nc1ccc(Oc2ccccc2)cc1. The van der Waals surface area contributed by atoms with Crippen LogP contribution in [0.4, 0.5) is 5.69 Å². The number of ether oxygens (including phenoxy) is 2. The van der Waals surface area contributed by atoms with Gasteiger partial charge in [-0.2, -0.15) is 0 Å². The predicted octanol–water partition coefficient (Wildman–Crippen LogP) is 3.96. The fourth-order valence-corrected chi connectivity index (χ4v) is 3.06. The zero-order valence-corrected chi connectivity index (χ0v) is 17.2. The Hall–Kier alpha value is -4.33. The van der Waals surface area contributed by atoms with Crippen LogP contribution in [0.15, 0.2) is 88.1 Å². The summed E-state index contributed by atoms with van der Waals surface area (Å²) in [5.74, 6) is -0.578. The van der Waals surface area contributed by atoms with E-state index in [4.69, 9.17) is 13.9 Å². The van der Waals surface area contributed by atoms with E-state index in [0.29, 0.717) is 28.3 Å². The number of para-hydroxylation sites is 3.